The van der Waals surface area contributed by atoms with E-state index in [1.165, 1.54) is 15.3 Å². The molecule has 0 unspecified atom stereocenters. The van der Waals surface area contributed by atoms with Gasteiger partial charge in [0.25, 0.3) is 0 Å². The highest BCUT2D eigenvalue weighted by molar-refractivity contribution is 7.15. The molecule has 0 aliphatic heterocycles. The smallest absolute Gasteiger partial charge is 0.187 e. The second-order valence-electron chi connectivity index (χ2n) is 4.02. The molecule has 1 aromatic carbocycles. The van der Waals surface area contributed by atoms with Crippen molar-refractivity contribution >= 4 is 17.0 Å². The van der Waals surface area contributed by atoms with Crippen molar-refractivity contribution in [2.24, 2.45) is 0 Å². The van der Waals surface area contributed by atoms with Crippen molar-refractivity contribution in [3.63, 3.8) is 0 Å². The molecule has 0 radical (unpaired) electrons. The van der Waals surface area contributed by atoms with Crippen LogP contribution in [0.25, 0.3) is 15.3 Å². The molecular formula is C14H13NS. The number of nitrogens with zero attached hydrogens (tertiary/aromatic N) is 1. The Bertz CT molecular complexity index is 514. The summed E-state index contributed by atoms with van der Waals surface area (Å²) in [5, 5.41) is 0. The lowest BCUT2D eigenvalue weighted by Gasteiger charge is -1.99. The number of thiophene rings is 1. The molecule has 1 heterocycles. The van der Waals surface area contributed by atoms with Crippen LogP contribution in [0.5, 0.6) is 0 Å². The Hall–Kier alpha value is -1.59. The van der Waals surface area contributed by atoms with Gasteiger partial charge in [-0.15, -0.1) is 11.3 Å². The first-order valence-electron chi connectivity index (χ1n) is 5.28. The molecule has 1 nitrogen and oxygen atoms in total. The van der Waals surface area contributed by atoms with Gasteiger partial charge in [-0.05, 0) is 23.6 Å². The summed E-state index contributed by atoms with van der Waals surface area (Å²) < 4.78 is 0. The van der Waals surface area contributed by atoms with Gasteiger partial charge in [-0.25, -0.2) is 4.85 Å². The van der Waals surface area contributed by atoms with Gasteiger partial charge < -0.3 is 0 Å². The zero-order valence-corrected chi connectivity index (χ0v) is 10.2. The van der Waals surface area contributed by atoms with Crippen molar-refractivity contribution < 1.29 is 0 Å². The monoisotopic (exact) mass is 227 g/mol. The van der Waals surface area contributed by atoms with Gasteiger partial charge in [-0.2, -0.15) is 0 Å². The average molecular weight is 227 g/mol. The lowest BCUT2D eigenvalue weighted by molar-refractivity contribution is 0.890. The Kier molecular flexibility index (Phi) is 3.07. The van der Waals surface area contributed by atoms with Crippen molar-refractivity contribution in [1.82, 2.24) is 0 Å². The predicted molar refractivity (Wildman–Crippen MR) is 70.1 cm³/mol. The topological polar surface area (TPSA) is 4.36 Å². The molecule has 0 aliphatic carbocycles. The van der Waals surface area contributed by atoms with E-state index in [4.69, 9.17) is 6.57 Å². The molecule has 80 valence electrons. The zero-order chi connectivity index (χ0) is 11.5. The van der Waals surface area contributed by atoms with Crippen molar-refractivity contribution in [2.75, 3.05) is 0 Å². The molecule has 2 heteroatoms. The standard InChI is InChI=1S/C14H13NS/c1-10(2)13-8-9-14(16-13)11-4-6-12(15-3)7-5-11/h4-10H,1-2H3. The molecule has 0 fully saturated rings. The Balaban J connectivity index is 2.32. The Morgan fingerprint density at radius 1 is 1.06 bits per heavy atom. The largest absolute Gasteiger partial charge is 0.238 e. The molecule has 0 aliphatic rings. The fourth-order valence-electron chi connectivity index (χ4n) is 1.52. The molecule has 0 spiro atoms. The minimum Gasteiger partial charge on any atom is -0.238 e. The molecule has 0 atom stereocenters. The maximum Gasteiger partial charge on any atom is 0.187 e. The van der Waals surface area contributed by atoms with Gasteiger partial charge in [0.15, 0.2) is 5.69 Å². The Labute approximate surface area is 100 Å². The van der Waals surface area contributed by atoms with Crippen molar-refractivity contribution in [1.29, 1.82) is 0 Å². The van der Waals surface area contributed by atoms with Gasteiger partial charge in [0.1, 0.15) is 0 Å². The normalized spacial score (nSPS) is 10.4. The van der Waals surface area contributed by atoms with E-state index in [2.05, 4.69) is 30.8 Å². The lowest BCUT2D eigenvalue weighted by atomic mass is 10.1. The van der Waals surface area contributed by atoms with Crippen LogP contribution >= 0.6 is 11.3 Å². The van der Waals surface area contributed by atoms with Gasteiger partial charge in [0.05, 0.1) is 6.57 Å². The summed E-state index contributed by atoms with van der Waals surface area (Å²) in [6, 6.07) is 12.1. The molecule has 0 N–H and O–H groups in total. The van der Waals surface area contributed by atoms with Crippen LogP contribution in [0.3, 0.4) is 0 Å². The van der Waals surface area contributed by atoms with Crippen molar-refractivity contribution in [3.05, 3.63) is 52.7 Å². The fourth-order valence-corrected chi connectivity index (χ4v) is 2.53. The highest BCUT2D eigenvalue weighted by Crippen LogP contribution is 2.32. The summed E-state index contributed by atoms with van der Waals surface area (Å²) in [5.41, 5.74) is 1.90. The van der Waals surface area contributed by atoms with Crippen LogP contribution in [-0.4, -0.2) is 0 Å². The van der Waals surface area contributed by atoms with Gasteiger partial charge in [0, 0.05) is 9.75 Å². The maximum atomic E-state index is 6.91. The molecule has 0 saturated carbocycles. The van der Waals surface area contributed by atoms with Gasteiger partial charge in [0.2, 0.25) is 0 Å². The molecule has 2 aromatic rings. The molecule has 0 bridgehead atoms. The van der Waals surface area contributed by atoms with E-state index in [9.17, 15) is 0 Å². The average Bonchev–Trinajstić information content (AvgIpc) is 2.78. The fraction of sp³-hybridized carbons (Fsp3) is 0.214. The van der Waals surface area contributed by atoms with E-state index in [0.29, 0.717) is 11.6 Å². The minimum atomic E-state index is 0.585. The molecule has 0 saturated heterocycles. The van der Waals surface area contributed by atoms with Crippen LogP contribution in [0.1, 0.15) is 24.6 Å². The van der Waals surface area contributed by atoms with E-state index < -0.39 is 0 Å². The van der Waals surface area contributed by atoms with Crippen LogP contribution < -0.4 is 0 Å². The first-order valence-corrected chi connectivity index (χ1v) is 6.10. The molecular weight excluding hydrogens is 214 g/mol. The van der Waals surface area contributed by atoms with Crippen LogP contribution in [0.2, 0.25) is 0 Å². The second-order valence-corrected chi connectivity index (χ2v) is 5.13. The first-order chi connectivity index (χ1) is 7.70. The maximum absolute atomic E-state index is 6.91. The molecule has 0 amide bonds. The third kappa shape index (κ3) is 2.15. The van der Waals surface area contributed by atoms with Crippen molar-refractivity contribution in [3.8, 4) is 10.4 Å². The van der Waals surface area contributed by atoms with E-state index >= 15 is 0 Å². The first kappa shape index (κ1) is 10.9. The summed E-state index contributed by atoms with van der Waals surface area (Å²) >= 11 is 1.83. The summed E-state index contributed by atoms with van der Waals surface area (Å²) in [6.07, 6.45) is 0. The van der Waals surface area contributed by atoms with Gasteiger partial charge in [-0.1, -0.05) is 38.1 Å². The number of hydrogen-bond donors (Lipinski definition) is 0. The summed E-state index contributed by atoms with van der Waals surface area (Å²) in [5.74, 6) is 0.585. The third-order valence-corrected chi connectivity index (χ3v) is 3.91. The van der Waals surface area contributed by atoms with Gasteiger partial charge in [-0.3, -0.25) is 0 Å². The Morgan fingerprint density at radius 3 is 2.25 bits per heavy atom. The number of rotatable bonds is 2. The van der Waals surface area contributed by atoms with Crippen LogP contribution in [-0.2, 0) is 0 Å². The summed E-state index contributed by atoms with van der Waals surface area (Å²) in [6.45, 7) is 11.3. The van der Waals surface area contributed by atoms with E-state index in [1.807, 2.05) is 35.6 Å². The lowest BCUT2D eigenvalue weighted by Crippen LogP contribution is -1.77. The van der Waals surface area contributed by atoms with E-state index in [1.54, 1.807) is 0 Å². The summed E-state index contributed by atoms with van der Waals surface area (Å²) in [7, 11) is 0. The SMILES string of the molecule is [C-]#[N+]c1ccc(-c2ccc(C(C)C)s2)cc1. The highest BCUT2D eigenvalue weighted by atomic mass is 32.1. The van der Waals surface area contributed by atoms with E-state index in [0.717, 1.165) is 0 Å². The van der Waals surface area contributed by atoms with Crippen LogP contribution in [0.15, 0.2) is 36.4 Å². The summed E-state index contributed by atoms with van der Waals surface area (Å²) in [4.78, 5) is 6.08. The van der Waals surface area contributed by atoms with Gasteiger partial charge >= 0.3 is 0 Å². The quantitative estimate of drug-likeness (QED) is 0.629. The Morgan fingerprint density at radius 2 is 1.75 bits per heavy atom. The molecule has 2 rings (SSSR count). The third-order valence-electron chi connectivity index (χ3n) is 2.48. The van der Waals surface area contributed by atoms with Crippen LogP contribution in [0, 0.1) is 6.57 Å². The van der Waals surface area contributed by atoms with Crippen molar-refractivity contribution in [2.45, 2.75) is 19.8 Å². The number of hydrogen-bond acceptors (Lipinski definition) is 1. The number of benzene rings is 1. The highest BCUT2D eigenvalue weighted by Gasteiger charge is 2.05. The predicted octanol–water partition coefficient (Wildman–Crippen LogP) is 5.09. The van der Waals surface area contributed by atoms with Crippen LogP contribution in [0.4, 0.5) is 5.69 Å². The minimum absolute atomic E-state index is 0.585. The zero-order valence-electron chi connectivity index (χ0n) is 9.40. The van der Waals surface area contributed by atoms with E-state index in [-0.39, 0.29) is 0 Å². The molecule has 16 heavy (non-hydrogen) atoms. The second kappa shape index (κ2) is 4.51. The molecule has 1 aromatic heterocycles.